The van der Waals surface area contributed by atoms with Crippen molar-refractivity contribution in [3.8, 4) is 0 Å². The van der Waals surface area contributed by atoms with Crippen LogP contribution in [0.15, 0.2) is 47.5 Å². The largest absolute Gasteiger partial charge is 0.348 e. The third-order valence-corrected chi connectivity index (χ3v) is 5.88. The fraction of sp³-hybridized carbons (Fsp3) is 0.476. The number of carbonyl (C=O) groups is 1. The Balaban J connectivity index is 1.48. The monoisotopic (exact) mass is 366 g/mol. The maximum absolute atomic E-state index is 13.4. The Hall–Kier alpha value is -2.63. The van der Waals surface area contributed by atoms with Gasteiger partial charge in [-0.15, -0.1) is 0 Å². The van der Waals surface area contributed by atoms with Gasteiger partial charge in [0.1, 0.15) is 0 Å². The standard InChI is InChI=1S/C21H26N4O2/c26-20-19(22-10-11-23-20)24-12-14-25(15-13-24)21(27)18(17-8-4-5-9-17)16-6-2-1-3-7-16/h1-3,6-7,10-11,17-18H,4-5,8-9,12-15H2,(H,23,26)/t18-/m0/s1. The Morgan fingerprint density at radius 3 is 2.44 bits per heavy atom. The predicted octanol–water partition coefficient (Wildman–Crippen LogP) is 2.39. The zero-order valence-electron chi connectivity index (χ0n) is 15.5. The third kappa shape index (κ3) is 3.75. The van der Waals surface area contributed by atoms with E-state index in [9.17, 15) is 9.59 Å². The lowest BCUT2D eigenvalue weighted by atomic mass is 9.83. The van der Waals surface area contributed by atoms with E-state index in [1.54, 1.807) is 6.20 Å². The predicted molar refractivity (Wildman–Crippen MR) is 105 cm³/mol. The molecule has 2 aromatic rings. The minimum atomic E-state index is -0.176. The summed E-state index contributed by atoms with van der Waals surface area (Å²) in [6.45, 7) is 2.53. The highest BCUT2D eigenvalue weighted by molar-refractivity contribution is 5.84. The fourth-order valence-electron chi connectivity index (χ4n) is 4.47. The summed E-state index contributed by atoms with van der Waals surface area (Å²) in [5.74, 6) is 1.08. The first-order chi connectivity index (χ1) is 13.2. The highest BCUT2D eigenvalue weighted by Crippen LogP contribution is 2.38. The number of hydrogen-bond donors (Lipinski definition) is 1. The average molecular weight is 366 g/mol. The number of carbonyl (C=O) groups excluding carboxylic acids is 1. The van der Waals surface area contributed by atoms with Crippen LogP contribution in [0.2, 0.25) is 0 Å². The van der Waals surface area contributed by atoms with Gasteiger partial charge in [0, 0.05) is 38.6 Å². The smallest absolute Gasteiger partial charge is 0.290 e. The molecule has 0 unspecified atom stereocenters. The molecule has 1 N–H and O–H groups in total. The van der Waals surface area contributed by atoms with Gasteiger partial charge < -0.3 is 14.8 Å². The molecule has 0 bridgehead atoms. The molecule has 1 aromatic carbocycles. The van der Waals surface area contributed by atoms with Crippen molar-refractivity contribution >= 4 is 11.7 Å². The van der Waals surface area contributed by atoms with Gasteiger partial charge in [0.05, 0.1) is 5.92 Å². The van der Waals surface area contributed by atoms with E-state index in [4.69, 9.17) is 0 Å². The van der Waals surface area contributed by atoms with E-state index in [2.05, 4.69) is 22.1 Å². The Morgan fingerprint density at radius 1 is 1.07 bits per heavy atom. The van der Waals surface area contributed by atoms with E-state index < -0.39 is 0 Å². The maximum atomic E-state index is 13.4. The number of piperazine rings is 1. The summed E-state index contributed by atoms with van der Waals surface area (Å²) in [6.07, 6.45) is 7.84. The number of hydrogen-bond acceptors (Lipinski definition) is 4. The van der Waals surface area contributed by atoms with Crippen LogP contribution in [0.1, 0.15) is 37.2 Å². The number of nitrogens with one attached hydrogen (secondary N) is 1. The molecule has 142 valence electrons. The lowest BCUT2D eigenvalue weighted by Gasteiger charge is -2.37. The lowest BCUT2D eigenvalue weighted by Crippen LogP contribution is -2.51. The molecule has 1 amide bonds. The van der Waals surface area contributed by atoms with Crippen molar-refractivity contribution in [1.82, 2.24) is 14.9 Å². The van der Waals surface area contributed by atoms with Gasteiger partial charge >= 0.3 is 0 Å². The first kappa shape index (κ1) is 17.8. The second-order valence-corrected chi connectivity index (χ2v) is 7.49. The Bertz CT molecular complexity index is 821. The molecule has 1 aliphatic heterocycles. The van der Waals surface area contributed by atoms with Crippen LogP contribution in [-0.4, -0.2) is 47.0 Å². The van der Waals surface area contributed by atoms with E-state index in [1.807, 2.05) is 28.0 Å². The summed E-state index contributed by atoms with van der Waals surface area (Å²) in [6, 6.07) is 10.2. The van der Waals surface area contributed by atoms with Crippen LogP contribution in [0.5, 0.6) is 0 Å². The van der Waals surface area contributed by atoms with Crippen LogP contribution in [0, 0.1) is 5.92 Å². The first-order valence-electron chi connectivity index (χ1n) is 9.86. The van der Waals surface area contributed by atoms with Crippen molar-refractivity contribution < 1.29 is 4.79 Å². The van der Waals surface area contributed by atoms with Crippen LogP contribution in [0.3, 0.4) is 0 Å². The molecular weight excluding hydrogens is 340 g/mol. The molecule has 1 atom stereocenters. The zero-order valence-corrected chi connectivity index (χ0v) is 15.5. The highest BCUT2D eigenvalue weighted by atomic mass is 16.2. The van der Waals surface area contributed by atoms with Crippen LogP contribution < -0.4 is 10.5 Å². The van der Waals surface area contributed by atoms with E-state index in [0.717, 1.165) is 18.4 Å². The number of rotatable bonds is 4. The molecule has 1 saturated carbocycles. The number of aromatic amines is 1. The van der Waals surface area contributed by atoms with E-state index in [1.165, 1.54) is 19.0 Å². The molecule has 4 rings (SSSR count). The van der Waals surface area contributed by atoms with Crippen molar-refractivity contribution in [1.29, 1.82) is 0 Å². The van der Waals surface area contributed by atoms with E-state index in [-0.39, 0.29) is 17.4 Å². The van der Waals surface area contributed by atoms with Gasteiger partial charge in [-0.3, -0.25) is 9.59 Å². The van der Waals surface area contributed by atoms with Crippen LogP contribution >= 0.6 is 0 Å². The van der Waals surface area contributed by atoms with Crippen LogP contribution in [-0.2, 0) is 4.79 Å². The first-order valence-corrected chi connectivity index (χ1v) is 9.86. The molecule has 6 heteroatoms. The molecule has 6 nitrogen and oxygen atoms in total. The topological polar surface area (TPSA) is 69.3 Å². The normalized spacial score (nSPS) is 19.3. The van der Waals surface area contributed by atoms with Gasteiger partial charge in [-0.2, -0.15) is 0 Å². The molecule has 2 aliphatic rings. The second-order valence-electron chi connectivity index (χ2n) is 7.49. The average Bonchev–Trinajstić information content (AvgIpc) is 3.24. The molecular formula is C21H26N4O2. The van der Waals surface area contributed by atoms with Gasteiger partial charge in [0.15, 0.2) is 5.82 Å². The molecule has 2 heterocycles. The molecule has 27 heavy (non-hydrogen) atoms. The van der Waals surface area contributed by atoms with Gasteiger partial charge in [0.25, 0.3) is 5.56 Å². The summed E-state index contributed by atoms with van der Waals surface area (Å²) < 4.78 is 0. The number of benzene rings is 1. The van der Waals surface area contributed by atoms with Gasteiger partial charge in [0.2, 0.25) is 5.91 Å². The van der Waals surface area contributed by atoms with Gasteiger partial charge in [-0.25, -0.2) is 4.98 Å². The van der Waals surface area contributed by atoms with Crippen molar-refractivity contribution in [2.75, 3.05) is 31.1 Å². The van der Waals surface area contributed by atoms with E-state index >= 15 is 0 Å². The zero-order chi connectivity index (χ0) is 18.6. The highest BCUT2D eigenvalue weighted by Gasteiger charge is 2.35. The van der Waals surface area contributed by atoms with Crippen LogP contribution in [0.4, 0.5) is 5.82 Å². The molecule has 0 spiro atoms. The fourth-order valence-corrected chi connectivity index (χ4v) is 4.47. The SMILES string of the molecule is O=C([C@@H](c1ccccc1)C1CCCC1)N1CCN(c2ncc[nH]c2=O)CC1. The molecule has 2 fully saturated rings. The van der Waals surface area contributed by atoms with Gasteiger partial charge in [-0.05, 0) is 24.3 Å². The van der Waals surface area contributed by atoms with Crippen molar-refractivity contribution in [2.24, 2.45) is 5.92 Å². The van der Waals surface area contributed by atoms with Crippen molar-refractivity contribution in [3.63, 3.8) is 0 Å². The van der Waals surface area contributed by atoms with Crippen molar-refractivity contribution in [2.45, 2.75) is 31.6 Å². The number of anilines is 1. The summed E-state index contributed by atoms with van der Waals surface area (Å²) in [4.78, 5) is 36.2. The lowest BCUT2D eigenvalue weighted by molar-refractivity contribution is -0.134. The number of H-pyrrole nitrogens is 1. The third-order valence-electron chi connectivity index (χ3n) is 5.88. The summed E-state index contributed by atoms with van der Waals surface area (Å²) in [5, 5.41) is 0. The summed E-state index contributed by atoms with van der Waals surface area (Å²) >= 11 is 0. The molecule has 1 saturated heterocycles. The van der Waals surface area contributed by atoms with Crippen LogP contribution in [0.25, 0.3) is 0 Å². The minimum absolute atomic E-state index is 0.0431. The second kappa shape index (κ2) is 7.94. The quantitative estimate of drug-likeness (QED) is 0.902. The van der Waals surface area contributed by atoms with E-state index in [0.29, 0.717) is 37.9 Å². The molecule has 1 aliphatic carbocycles. The molecule has 1 aromatic heterocycles. The number of aromatic nitrogens is 2. The Kier molecular flexibility index (Phi) is 5.23. The molecule has 0 radical (unpaired) electrons. The number of amides is 1. The van der Waals surface area contributed by atoms with Crippen molar-refractivity contribution in [3.05, 3.63) is 58.6 Å². The number of nitrogens with zero attached hydrogens (tertiary/aromatic N) is 3. The summed E-state index contributed by atoms with van der Waals surface area (Å²) in [5.41, 5.74) is 0.961. The minimum Gasteiger partial charge on any atom is -0.348 e. The summed E-state index contributed by atoms with van der Waals surface area (Å²) in [7, 11) is 0. The Morgan fingerprint density at radius 2 is 1.78 bits per heavy atom. The maximum Gasteiger partial charge on any atom is 0.290 e. The Labute approximate surface area is 159 Å². The van der Waals surface area contributed by atoms with Gasteiger partial charge in [-0.1, -0.05) is 43.2 Å².